The SMILES string of the molecule is CC(=O)Cc1cccc(Br)c1C(=O)Cl. The van der Waals surface area contributed by atoms with Crippen molar-refractivity contribution in [2.24, 2.45) is 0 Å². The van der Waals surface area contributed by atoms with Gasteiger partial charge in [-0.3, -0.25) is 9.59 Å². The molecular formula is C10H8BrClO2. The van der Waals surface area contributed by atoms with Gasteiger partial charge >= 0.3 is 0 Å². The average molecular weight is 276 g/mol. The molecule has 14 heavy (non-hydrogen) atoms. The Morgan fingerprint density at radius 2 is 2.07 bits per heavy atom. The molecule has 0 aromatic heterocycles. The zero-order valence-corrected chi connectivity index (χ0v) is 9.85. The molecule has 0 fully saturated rings. The zero-order valence-electron chi connectivity index (χ0n) is 7.51. The third-order valence-electron chi connectivity index (χ3n) is 1.74. The zero-order chi connectivity index (χ0) is 10.7. The van der Waals surface area contributed by atoms with Crippen LogP contribution in [-0.4, -0.2) is 11.0 Å². The Kier molecular flexibility index (Phi) is 3.84. The number of hydrogen-bond donors (Lipinski definition) is 0. The van der Waals surface area contributed by atoms with Crippen molar-refractivity contribution in [3.8, 4) is 0 Å². The number of rotatable bonds is 3. The van der Waals surface area contributed by atoms with E-state index < -0.39 is 5.24 Å². The third-order valence-corrected chi connectivity index (χ3v) is 2.59. The van der Waals surface area contributed by atoms with Crippen molar-refractivity contribution >= 4 is 38.6 Å². The molecule has 0 heterocycles. The molecule has 1 aromatic rings. The molecule has 0 N–H and O–H groups in total. The van der Waals surface area contributed by atoms with Gasteiger partial charge in [-0.15, -0.1) is 0 Å². The number of halogens is 2. The first-order valence-corrected chi connectivity index (χ1v) is 5.16. The van der Waals surface area contributed by atoms with Crippen LogP contribution in [-0.2, 0) is 11.2 Å². The van der Waals surface area contributed by atoms with E-state index in [1.54, 1.807) is 18.2 Å². The van der Waals surface area contributed by atoms with E-state index in [9.17, 15) is 9.59 Å². The monoisotopic (exact) mass is 274 g/mol. The molecule has 0 saturated carbocycles. The van der Waals surface area contributed by atoms with E-state index in [1.807, 2.05) is 0 Å². The van der Waals surface area contributed by atoms with Crippen LogP contribution < -0.4 is 0 Å². The predicted octanol–water partition coefficient (Wildman–Crippen LogP) is 2.96. The van der Waals surface area contributed by atoms with Gasteiger partial charge in [-0.05, 0) is 46.1 Å². The van der Waals surface area contributed by atoms with Crippen molar-refractivity contribution in [1.82, 2.24) is 0 Å². The lowest BCUT2D eigenvalue weighted by Crippen LogP contribution is -2.03. The largest absolute Gasteiger partial charge is 0.300 e. The van der Waals surface area contributed by atoms with Gasteiger partial charge in [0.25, 0.3) is 5.24 Å². The Morgan fingerprint density at radius 1 is 1.43 bits per heavy atom. The lowest BCUT2D eigenvalue weighted by molar-refractivity contribution is -0.116. The molecule has 0 saturated heterocycles. The topological polar surface area (TPSA) is 34.1 Å². The maximum Gasteiger partial charge on any atom is 0.253 e. The van der Waals surface area contributed by atoms with Crippen LogP contribution in [0, 0.1) is 0 Å². The van der Waals surface area contributed by atoms with Gasteiger partial charge in [0.05, 0.1) is 5.56 Å². The molecule has 1 rings (SSSR count). The van der Waals surface area contributed by atoms with Gasteiger partial charge in [0.1, 0.15) is 5.78 Å². The quantitative estimate of drug-likeness (QED) is 0.795. The van der Waals surface area contributed by atoms with Crippen LogP contribution in [0.25, 0.3) is 0 Å². The summed E-state index contributed by atoms with van der Waals surface area (Å²) in [4.78, 5) is 22.0. The van der Waals surface area contributed by atoms with Gasteiger partial charge in [-0.1, -0.05) is 12.1 Å². The fraction of sp³-hybridized carbons (Fsp3) is 0.200. The Bertz CT molecular complexity index is 388. The maximum atomic E-state index is 11.1. The molecule has 0 aliphatic rings. The summed E-state index contributed by atoms with van der Waals surface area (Å²) in [6.07, 6.45) is 0.229. The Labute approximate surface area is 95.4 Å². The minimum absolute atomic E-state index is 0.00210. The Hall–Kier alpha value is -0.670. The fourth-order valence-corrected chi connectivity index (χ4v) is 2.13. The van der Waals surface area contributed by atoms with E-state index in [2.05, 4.69) is 15.9 Å². The molecule has 74 valence electrons. The minimum atomic E-state index is -0.547. The molecule has 0 unspecified atom stereocenters. The van der Waals surface area contributed by atoms with E-state index in [0.717, 1.165) is 0 Å². The van der Waals surface area contributed by atoms with Gasteiger partial charge in [0.2, 0.25) is 0 Å². The number of benzene rings is 1. The average Bonchev–Trinajstić information content (AvgIpc) is 2.01. The van der Waals surface area contributed by atoms with Gasteiger partial charge in [0.15, 0.2) is 0 Å². The van der Waals surface area contributed by atoms with E-state index in [1.165, 1.54) is 6.92 Å². The second kappa shape index (κ2) is 4.71. The highest BCUT2D eigenvalue weighted by molar-refractivity contribution is 9.10. The lowest BCUT2D eigenvalue weighted by Gasteiger charge is -2.05. The van der Waals surface area contributed by atoms with Crippen LogP contribution in [0.1, 0.15) is 22.8 Å². The Balaban J connectivity index is 3.21. The van der Waals surface area contributed by atoms with E-state index >= 15 is 0 Å². The number of Topliss-reactive ketones (excluding diaryl/α,β-unsaturated/α-hetero) is 1. The molecule has 1 aromatic carbocycles. The van der Waals surface area contributed by atoms with Crippen LogP contribution in [0.15, 0.2) is 22.7 Å². The highest BCUT2D eigenvalue weighted by Gasteiger charge is 2.13. The van der Waals surface area contributed by atoms with Gasteiger partial charge in [-0.2, -0.15) is 0 Å². The number of hydrogen-bond acceptors (Lipinski definition) is 2. The molecule has 0 aliphatic heterocycles. The van der Waals surface area contributed by atoms with Crippen molar-refractivity contribution in [2.75, 3.05) is 0 Å². The number of ketones is 1. The van der Waals surface area contributed by atoms with E-state index in [-0.39, 0.29) is 12.2 Å². The first-order chi connectivity index (χ1) is 6.52. The lowest BCUT2D eigenvalue weighted by atomic mass is 10.0. The summed E-state index contributed by atoms with van der Waals surface area (Å²) < 4.78 is 0.622. The minimum Gasteiger partial charge on any atom is -0.300 e. The van der Waals surface area contributed by atoms with Crippen LogP contribution in [0.3, 0.4) is 0 Å². The van der Waals surface area contributed by atoms with Crippen LogP contribution >= 0.6 is 27.5 Å². The number of carbonyl (C=O) groups is 2. The molecule has 0 amide bonds. The molecule has 0 spiro atoms. The first kappa shape index (κ1) is 11.4. The summed E-state index contributed by atoms with van der Waals surface area (Å²) in [7, 11) is 0. The van der Waals surface area contributed by atoms with Gasteiger partial charge in [0, 0.05) is 10.9 Å². The Morgan fingerprint density at radius 3 is 2.57 bits per heavy atom. The summed E-state index contributed by atoms with van der Waals surface area (Å²) in [5.41, 5.74) is 1.04. The van der Waals surface area contributed by atoms with Crippen LogP contribution in [0.2, 0.25) is 0 Å². The van der Waals surface area contributed by atoms with E-state index in [0.29, 0.717) is 15.6 Å². The van der Waals surface area contributed by atoms with E-state index in [4.69, 9.17) is 11.6 Å². The third kappa shape index (κ3) is 2.66. The summed E-state index contributed by atoms with van der Waals surface area (Å²) in [6, 6.07) is 5.21. The smallest absolute Gasteiger partial charge is 0.253 e. The normalized spacial score (nSPS) is 9.93. The van der Waals surface area contributed by atoms with Gasteiger partial charge in [-0.25, -0.2) is 0 Å². The summed E-state index contributed by atoms with van der Waals surface area (Å²) in [6.45, 7) is 1.48. The molecular weight excluding hydrogens is 267 g/mol. The molecule has 0 radical (unpaired) electrons. The van der Waals surface area contributed by atoms with Crippen molar-refractivity contribution in [3.63, 3.8) is 0 Å². The van der Waals surface area contributed by atoms with Crippen molar-refractivity contribution in [2.45, 2.75) is 13.3 Å². The number of carbonyl (C=O) groups excluding carboxylic acids is 2. The van der Waals surface area contributed by atoms with Crippen LogP contribution in [0.4, 0.5) is 0 Å². The first-order valence-electron chi connectivity index (χ1n) is 3.99. The molecule has 0 atom stereocenters. The fourth-order valence-electron chi connectivity index (χ4n) is 1.20. The molecule has 2 nitrogen and oxygen atoms in total. The van der Waals surface area contributed by atoms with Crippen molar-refractivity contribution in [1.29, 1.82) is 0 Å². The summed E-state index contributed by atoms with van der Waals surface area (Å²) in [5.74, 6) is 0.00210. The summed E-state index contributed by atoms with van der Waals surface area (Å²) >= 11 is 8.64. The van der Waals surface area contributed by atoms with Crippen molar-refractivity contribution < 1.29 is 9.59 Å². The maximum absolute atomic E-state index is 11.1. The predicted molar refractivity (Wildman–Crippen MR) is 58.7 cm³/mol. The molecule has 0 aliphatic carbocycles. The summed E-state index contributed by atoms with van der Waals surface area (Å²) in [5, 5.41) is -0.547. The highest BCUT2D eigenvalue weighted by atomic mass is 79.9. The van der Waals surface area contributed by atoms with Gasteiger partial charge < -0.3 is 0 Å². The van der Waals surface area contributed by atoms with Crippen LogP contribution in [0.5, 0.6) is 0 Å². The standard InChI is InChI=1S/C10H8BrClO2/c1-6(13)5-7-3-2-4-8(11)9(7)10(12)14/h2-4H,5H2,1H3. The molecule has 0 bridgehead atoms. The molecule has 4 heteroatoms. The van der Waals surface area contributed by atoms with Crippen molar-refractivity contribution in [3.05, 3.63) is 33.8 Å². The second-order valence-corrected chi connectivity index (χ2v) is 4.12. The second-order valence-electron chi connectivity index (χ2n) is 2.93. The highest BCUT2D eigenvalue weighted by Crippen LogP contribution is 2.23.